The molecule has 0 saturated carbocycles. The third-order valence-electron chi connectivity index (χ3n) is 3.42. The second-order valence-corrected chi connectivity index (χ2v) is 4.32. The Labute approximate surface area is 84.9 Å². The Morgan fingerprint density at radius 1 is 1.14 bits per heavy atom. The van der Waals surface area contributed by atoms with Gasteiger partial charge in [-0.1, -0.05) is 24.3 Å². The summed E-state index contributed by atoms with van der Waals surface area (Å²) in [4.78, 5) is 2.60. The number of nitrogens with zero attached hydrogens (tertiary/aromatic N) is 1. The van der Waals surface area contributed by atoms with Gasteiger partial charge in [-0.05, 0) is 24.1 Å². The highest BCUT2D eigenvalue weighted by Crippen LogP contribution is 2.25. The number of nitrogens with one attached hydrogen (secondary N) is 1. The molecule has 2 aliphatic heterocycles. The van der Waals surface area contributed by atoms with Gasteiger partial charge in [-0.25, -0.2) is 0 Å². The van der Waals surface area contributed by atoms with E-state index in [9.17, 15) is 0 Å². The first kappa shape index (κ1) is 8.45. The van der Waals surface area contributed by atoms with E-state index in [1.54, 1.807) is 0 Å². The molecule has 0 bridgehead atoms. The molecule has 1 saturated heterocycles. The summed E-state index contributed by atoms with van der Waals surface area (Å²) in [5, 5.41) is 3.43. The molecule has 3 rings (SSSR count). The van der Waals surface area contributed by atoms with E-state index in [1.807, 2.05) is 0 Å². The normalized spacial score (nSPS) is 26.7. The lowest BCUT2D eigenvalue weighted by Gasteiger charge is -2.21. The Morgan fingerprint density at radius 2 is 1.86 bits per heavy atom. The molecule has 2 heteroatoms. The Bertz CT molecular complexity index is 304. The minimum absolute atomic E-state index is 0.766. The largest absolute Gasteiger partial charge is 0.315 e. The van der Waals surface area contributed by atoms with Crippen LogP contribution in [0.1, 0.15) is 17.5 Å². The standard InChI is InChI=1S/C12H16N2/c1-2-4-11-9-14(8-10(11)3-1)12-5-6-13-7-12/h1-4,12-13H,5-9H2. The molecule has 2 aliphatic rings. The molecule has 74 valence electrons. The van der Waals surface area contributed by atoms with Gasteiger partial charge in [-0.2, -0.15) is 0 Å². The molecule has 2 nitrogen and oxygen atoms in total. The van der Waals surface area contributed by atoms with Crippen LogP contribution in [0, 0.1) is 0 Å². The summed E-state index contributed by atoms with van der Waals surface area (Å²) in [6.07, 6.45) is 1.31. The van der Waals surface area contributed by atoms with Gasteiger partial charge in [0.05, 0.1) is 0 Å². The monoisotopic (exact) mass is 188 g/mol. The van der Waals surface area contributed by atoms with Crippen LogP contribution in [0.25, 0.3) is 0 Å². The average Bonchev–Trinajstić information content (AvgIpc) is 2.86. The van der Waals surface area contributed by atoms with Gasteiger partial charge in [0, 0.05) is 25.7 Å². The van der Waals surface area contributed by atoms with Gasteiger partial charge in [-0.3, -0.25) is 4.90 Å². The predicted octanol–water partition coefficient (Wildman–Crippen LogP) is 1.36. The van der Waals surface area contributed by atoms with Gasteiger partial charge in [0.1, 0.15) is 0 Å². The third kappa shape index (κ3) is 1.35. The summed E-state index contributed by atoms with van der Waals surface area (Å²) in [6.45, 7) is 4.68. The minimum Gasteiger partial charge on any atom is -0.315 e. The highest BCUT2D eigenvalue weighted by Gasteiger charge is 2.27. The predicted molar refractivity (Wildman–Crippen MR) is 57.0 cm³/mol. The molecule has 1 fully saturated rings. The molecule has 1 unspecified atom stereocenters. The topological polar surface area (TPSA) is 15.3 Å². The van der Waals surface area contributed by atoms with E-state index < -0.39 is 0 Å². The molecule has 14 heavy (non-hydrogen) atoms. The van der Waals surface area contributed by atoms with Gasteiger partial charge in [0.15, 0.2) is 0 Å². The first-order valence-electron chi connectivity index (χ1n) is 5.45. The van der Waals surface area contributed by atoms with Crippen LogP contribution in [-0.4, -0.2) is 24.0 Å². The molecule has 0 radical (unpaired) electrons. The molecule has 1 atom stereocenters. The second kappa shape index (κ2) is 3.37. The summed E-state index contributed by atoms with van der Waals surface area (Å²) >= 11 is 0. The van der Waals surface area contributed by atoms with E-state index in [-0.39, 0.29) is 0 Å². The van der Waals surface area contributed by atoms with Crippen molar-refractivity contribution in [2.24, 2.45) is 0 Å². The van der Waals surface area contributed by atoms with Crippen molar-refractivity contribution in [2.75, 3.05) is 13.1 Å². The van der Waals surface area contributed by atoms with E-state index >= 15 is 0 Å². The van der Waals surface area contributed by atoms with Gasteiger partial charge >= 0.3 is 0 Å². The molecule has 1 aromatic carbocycles. The number of rotatable bonds is 1. The SMILES string of the molecule is c1ccc2c(c1)CN(C1CCNC1)C2. The number of benzene rings is 1. The molecule has 1 N–H and O–H groups in total. The van der Waals surface area contributed by atoms with Gasteiger partial charge in [0.25, 0.3) is 0 Å². The third-order valence-corrected chi connectivity index (χ3v) is 3.42. The van der Waals surface area contributed by atoms with Crippen LogP contribution in [-0.2, 0) is 13.1 Å². The van der Waals surface area contributed by atoms with Crippen molar-refractivity contribution in [3.05, 3.63) is 35.4 Å². The minimum atomic E-state index is 0.766. The molecule has 0 spiro atoms. The molecule has 2 heterocycles. The smallest absolute Gasteiger partial charge is 0.0244 e. The van der Waals surface area contributed by atoms with Crippen molar-refractivity contribution in [3.8, 4) is 0 Å². The maximum atomic E-state index is 3.43. The fourth-order valence-electron chi connectivity index (χ4n) is 2.57. The summed E-state index contributed by atoms with van der Waals surface area (Å²) in [6, 6.07) is 9.59. The summed E-state index contributed by atoms with van der Waals surface area (Å²) in [5.41, 5.74) is 3.05. The average molecular weight is 188 g/mol. The number of hydrogen-bond acceptors (Lipinski definition) is 2. The zero-order chi connectivity index (χ0) is 9.38. The van der Waals surface area contributed by atoms with E-state index in [0.29, 0.717) is 0 Å². The molecule has 0 aromatic heterocycles. The zero-order valence-electron chi connectivity index (χ0n) is 8.37. The van der Waals surface area contributed by atoms with E-state index in [4.69, 9.17) is 0 Å². The maximum absolute atomic E-state index is 3.43. The first-order valence-corrected chi connectivity index (χ1v) is 5.45. The molecule has 0 amide bonds. The fraction of sp³-hybridized carbons (Fsp3) is 0.500. The maximum Gasteiger partial charge on any atom is 0.0244 e. The first-order chi connectivity index (χ1) is 6.93. The fourth-order valence-corrected chi connectivity index (χ4v) is 2.57. The van der Waals surface area contributed by atoms with Crippen molar-refractivity contribution in [1.29, 1.82) is 0 Å². The molecular formula is C12H16N2. The molecule has 1 aromatic rings. The van der Waals surface area contributed by atoms with Crippen LogP contribution in [0.4, 0.5) is 0 Å². The van der Waals surface area contributed by atoms with E-state index in [2.05, 4.69) is 34.5 Å². The zero-order valence-corrected chi connectivity index (χ0v) is 8.37. The van der Waals surface area contributed by atoms with Crippen LogP contribution < -0.4 is 5.32 Å². The Kier molecular flexibility index (Phi) is 2.03. The Morgan fingerprint density at radius 3 is 2.43 bits per heavy atom. The Balaban J connectivity index is 1.77. The van der Waals surface area contributed by atoms with Gasteiger partial charge in [0.2, 0.25) is 0 Å². The van der Waals surface area contributed by atoms with Crippen LogP contribution in [0.15, 0.2) is 24.3 Å². The van der Waals surface area contributed by atoms with Gasteiger partial charge < -0.3 is 5.32 Å². The lowest BCUT2D eigenvalue weighted by Crippen LogP contribution is -2.32. The summed E-state index contributed by atoms with van der Waals surface area (Å²) < 4.78 is 0. The molecular weight excluding hydrogens is 172 g/mol. The van der Waals surface area contributed by atoms with Crippen molar-refractivity contribution in [2.45, 2.75) is 25.6 Å². The highest BCUT2D eigenvalue weighted by atomic mass is 15.2. The van der Waals surface area contributed by atoms with E-state index in [1.165, 1.54) is 30.6 Å². The van der Waals surface area contributed by atoms with Gasteiger partial charge in [-0.15, -0.1) is 0 Å². The van der Waals surface area contributed by atoms with Crippen molar-refractivity contribution < 1.29 is 0 Å². The summed E-state index contributed by atoms with van der Waals surface area (Å²) in [7, 11) is 0. The lowest BCUT2D eigenvalue weighted by atomic mass is 10.1. The van der Waals surface area contributed by atoms with Crippen LogP contribution in [0.3, 0.4) is 0 Å². The van der Waals surface area contributed by atoms with Crippen LogP contribution >= 0.6 is 0 Å². The quantitative estimate of drug-likeness (QED) is 0.716. The Hall–Kier alpha value is -0.860. The lowest BCUT2D eigenvalue weighted by molar-refractivity contribution is 0.212. The van der Waals surface area contributed by atoms with E-state index in [0.717, 1.165) is 19.1 Å². The summed E-state index contributed by atoms with van der Waals surface area (Å²) in [5.74, 6) is 0. The number of fused-ring (bicyclic) bond motifs is 1. The highest BCUT2D eigenvalue weighted by molar-refractivity contribution is 5.30. The van der Waals surface area contributed by atoms with Crippen LogP contribution in [0.5, 0.6) is 0 Å². The number of hydrogen-bond donors (Lipinski definition) is 1. The second-order valence-electron chi connectivity index (χ2n) is 4.32. The van der Waals surface area contributed by atoms with Crippen molar-refractivity contribution >= 4 is 0 Å². The van der Waals surface area contributed by atoms with Crippen molar-refractivity contribution in [1.82, 2.24) is 10.2 Å². The molecule has 0 aliphatic carbocycles. The van der Waals surface area contributed by atoms with Crippen LogP contribution in [0.2, 0.25) is 0 Å². The van der Waals surface area contributed by atoms with Crippen molar-refractivity contribution in [3.63, 3.8) is 0 Å².